The van der Waals surface area contributed by atoms with Crippen LogP contribution in [0.1, 0.15) is 18.9 Å². The lowest BCUT2D eigenvalue weighted by molar-refractivity contribution is 1.03. The molecule has 0 N–H and O–H groups in total. The molecule has 2 heteroatoms. The molecule has 2 aromatic carbocycles. The maximum atomic E-state index is 6.06. The predicted octanol–water partition coefficient (Wildman–Crippen LogP) is 3.45. The third kappa shape index (κ3) is 6.63. The smallest absolute Gasteiger partial charge is 0.0752 e. The largest absolute Gasteiger partial charge is 0.127 e. The summed E-state index contributed by atoms with van der Waals surface area (Å²) in [6, 6.07) is 20.8. The molecule has 0 radical (unpaired) electrons. The van der Waals surface area contributed by atoms with Crippen LogP contribution < -0.4 is 5.19 Å². The van der Waals surface area contributed by atoms with Crippen LogP contribution in [0, 0.1) is 6.92 Å². The van der Waals surface area contributed by atoms with Crippen molar-refractivity contribution >= 4 is 26.3 Å². The third-order valence-corrected chi connectivity index (χ3v) is 5.42. The van der Waals surface area contributed by atoms with E-state index in [-0.39, 0.29) is 9.52 Å². The van der Waals surface area contributed by atoms with Gasteiger partial charge in [0.1, 0.15) is 0 Å². The highest BCUT2D eigenvalue weighted by molar-refractivity contribution is 6.64. The highest BCUT2D eigenvalue weighted by atomic mass is 35.5. The van der Waals surface area contributed by atoms with E-state index >= 15 is 0 Å². The quantitative estimate of drug-likeness (QED) is 0.595. The number of hydrogen-bond acceptors (Lipinski definition) is 0. The van der Waals surface area contributed by atoms with Gasteiger partial charge in [0.25, 0.3) is 0 Å². The Hall–Kier alpha value is -1.05. The zero-order valence-corrected chi connectivity index (χ0v) is 13.3. The summed E-state index contributed by atoms with van der Waals surface area (Å²) < 4.78 is 0. The number of halogens is 1. The van der Waals surface area contributed by atoms with E-state index in [4.69, 9.17) is 11.6 Å². The molecule has 0 bridgehead atoms. The summed E-state index contributed by atoms with van der Waals surface area (Å²) >= 11 is 6.06. The van der Waals surface area contributed by atoms with Crippen molar-refractivity contribution in [3.05, 3.63) is 66.2 Å². The minimum Gasteiger partial charge on any atom is -0.127 e. The first-order valence-electron chi connectivity index (χ1n) is 6.42. The number of alkyl halides is 1. The monoisotopic (exact) mass is 276 g/mol. The van der Waals surface area contributed by atoms with Gasteiger partial charge in [0, 0.05) is 5.00 Å². The summed E-state index contributed by atoms with van der Waals surface area (Å²) in [5.74, 6) is 0. The standard InChI is InChI=1S/C9H13ClSi.C7H8/c1-2-9(10)11-8-6-4-3-5-7-8;1-7-5-3-2-4-6-7/h3-7,9H,2,11H2,1H3;2-6H,1H3. The van der Waals surface area contributed by atoms with Gasteiger partial charge in [-0.2, -0.15) is 0 Å². The van der Waals surface area contributed by atoms with Gasteiger partial charge in [-0.15, -0.1) is 11.6 Å². The van der Waals surface area contributed by atoms with E-state index in [9.17, 15) is 0 Å². The molecule has 0 saturated heterocycles. The molecule has 0 aromatic heterocycles. The van der Waals surface area contributed by atoms with E-state index in [1.54, 1.807) is 0 Å². The van der Waals surface area contributed by atoms with Gasteiger partial charge >= 0.3 is 0 Å². The SMILES string of the molecule is CCC(Cl)[SiH2]c1ccccc1.Cc1ccccc1. The van der Waals surface area contributed by atoms with Crippen molar-refractivity contribution in [2.75, 3.05) is 0 Å². The van der Waals surface area contributed by atoms with Gasteiger partial charge in [-0.25, -0.2) is 0 Å². The van der Waals surface area contributed by atoms with E-state index in [0.29, 0.717) is 5.00 Å². The van der Waals surface area contributed by atoms with E-state index in [1.807, 2.05) is 24.3 Å². The molecule has 0 aliphatic carbocycles. The van der Waals surface area contributed by atoms with Crippen LogP contribution in [0.3, 0.4) is 0 Å². The van der Waals surface area contributed by atoms with Gasteiger partial charge in [0.2, 0.25) is 0 Å². The second-order valence-corrected chi connectivity index (χ2v) is 7.70. The summed E-state index contributed by atoms with van der Waals surface area (Å²) in [6.07, 6.45) is 1.10. The third-order valence-electron chi connectivity index (χ3n) is 2.68. The zero-order valence-electron chi connectivity index (χ0n) is 11.1. The summed E-state index contributed by atoms with van der Waals surface area (Å²) in [4.78, 5) is 0. The van der Waals surface area contributed by atoms with E-state index in [1.165, 1.54) is 10.8 Å². The zero-order chi connectivity index (χ0) is 13.2. The molecule has 1 atom stereocenters. The average Bonchev–Trinajstić information content (AvgIpc) is 2.41. The Bertz CT molecular complexity index is 414. The van der Waals surface area contributed by atoms with Crippen LogP contribution in [0.2, 0.25) is 0 Å². The fourth-order valence-corrected chi connectivity index (χ4v) is 3.43. The number of rotatable bonds is 3. The van der Waals surface area contributed by atoms with Crippen molar-refractivity contribution < 1.29 is 0 Å². The first-order valence-corrected chi connectivity index (χ1v) is 8.38. The van der Waals surface area contributed by atoms with Crippen molar-refractivity contribution in [2.24, 2.45) is 0 Å². The summed E-state index contributed by atoms with van der Waals surface area (Å²) in [7, 11) is -0.222. The molecule has 0 aliphatic heterocycles. The second-order valence-electron chi connectivity index (χ2n) is 4.35. The van der Waals surface area contributed by atoms with Crippen LogP contribution in [0.25, 0.3) is 0 Å². The molecule has 0 spiro atoms. The molecule has 96 valence electrons. The van der Waals surface area contributed by atoms with Crippen LogP contribution in [-0.4, -0.2) is 14.5 Å². The van der Waals surface area contributed by atoms with Gasteiger partial charge in [0.05, 0.1) is 9.52 Å². The molecule has 0 heterocycles. The molecule has 0 fully saturated rings. The van der Waals surface area contributed by atoms with Gasteiger partial charge in [-0.1, -0.05) is 78.3 Å². The summed E-state index contributed by atoms with van der Waals surface area (Å²) in [5.41, 5.74) is 1.32. The van der Waals surface area contributed by atoms with Crippen LogP contribution in [-0.2, 0) is 0 Å². The topological polar surface area (TPSA) is 0 Å². The Labute approximate surface area is 118 Å². The van der Waals surface area contributed by atoms with E-state index in [0.717, 1.165) is 6.42 Å². The Balaban J connectivity index is 0.000000199. The van der Waals surface area contributed by atoms with Crippen LogP contribution in [0.5, 0.6) is 0 Å². The van der Waals surface area contributed by atoms with Crippen LogP contribution in [0.4, 0.5) is 0 Å². The van der Waals surface area contributed by atoms with Gasteiger partial charge in [-0.05, 0) is 13.3 Å². The van der Waals surface area contributed by atoms with Crippen molar-refractivity contribution in [3.8, 4) is 0 Å². The highest BCUT2D eigenvalue weighted by Gasteiger charge is 2.02. The predicted molar refractivity (Wildman–Crippen MR) is 85.7 cm³/mol. The maximum absolute atomic E-state index is 6.06. The summed E-state index contributed by atoms with van der Waals surface area (Å²) in [5, 5.41) is 1.90. The molecule has 0 saturated carbocycles. The lowest BCUT2D eigenvalue weighted by Crippen LogP contribution is -2.22. The van der Waals surface area contributed by atoms with E-state index < -0.39 is 0 Å². The molecule has 2 rings (SSSR count). The minimum absolute atomic E-state index is 0.222. The number of hydrogen-bond donors (Lipinski definition) is 0. The lowest BCUT2D eigenvalue weighted by atomic mass is 10.2. The van der Waals surface area contributed by atoms with Crippen LogP contribution >= 0.6 is 11.6 Å². The average molecular weight is 277 g/mol. The highest BCUT2D eigenvalue weighted by Crippen LogP contribution is 1.98. The first kappa shape index (κ1) is 15.0. The van der Waals surface area contributed by atoms with E-state index in [2.05, 4.69) is 50.2 Å². The molecule has 0 nitrogen and oxygen atoms in total. The number of aryl methyl sites for hydroxylation is 1. The first-order chi connectivity index (χ1) is 8.72. The molecule has 0 aliphatic rings. The second kappa shape index (κ2) is 8.95. The van der Waals surface area contributed by atoms with Crippen molar-refractivity contribution in [1.82, 2.24) is 0 Å². The summed E-state index contributed by atoms with van der Waals surface area (Å²) in [6.45, 7) is 4.23. The van der Waals surface area contributed by atoms with Gasteiger partial charge < -0.3 is 0 Å². The lowest BCUT2D eigenvalue weighted by Gasteiger charge is -2.03. The van der Waals surface area contributed by atoms with Crippen LogP contribution in [0.15, 0.2) is 60.7 Å². The Morgan fingerprint density at radius 3 is 1.83 bits per heavy atom. The van der Waals surface area contributed by atoms with Gasteiger partial charge in [-0.3, -0.25) is 0 Å². The maximum Gasteiger partial charge on any atom is 0.0752 e. The fraction of sp³-hybridized carbons (Fsp3) is 0.250. The molecule has 0 amide bonds. The fourth-order valence-electron chi connectivity index (χ4n) is 1.55. The van der Waals surface area contributed by atoms with Crippen molar-refractivity contribution in [2.45, 2.75) is 25.3 Å². The molecular formula is C16H21ClSi. The Morgan fingerprint density at radius 1 is 0.944 bits per heavy atom. The minimum atomic E-state index is -0.222. The van der Waals surface area contributed by atoms with Gasteiger partial charge in [0.15, 0.2) is 0 Å². The molecule has 1 unspecified atom stereocenters. The van der Waals surface area contributed by atoms with Crippen molar-refractivity contribution in [3.63, 3.8) is 0 Å². The molecular weight excluding hydrogens is 256 g/mol. The Kier molecular flexibility index (Phi) is 7.46. The normalized spacial score (nSPS) is 11.9. The Morgan fingerprint density at radius 2 is 1.44 bits per heavy atom. The molecule has 2 aromatic rings. The number of benzene rings is 2. The molecule has 18 heavy (non-hydrogen) atoms. The van der Waals surface area contributed by atoms with Crippen molar-refractivity contribution in [1.29, 1.82) is 0 Å².